The number of hydrogen-bond donors (Lipinski definition) is 1. The zero-order chi connectivity index (χ0) is 20.1. The van der Waals surface area contributed by atoms with E-state index in [0.717, 1.165) is 4.57 Å². The Morgan fingerprint density at radius 3 is 2.75 bits per heavy atom. The Balaban J connectivity index is 1.65. The van der Waals surface area contributed by atoms with Gasteiger partial charge in [0.15, 0.2) is 0 Å². The van der Waals surface area contributed by atoms with Crippen molar-refractivity contribution in [3.05, 3.63) is 57.5 Å². The Morgan fingerprint density at radius 2 is 2.00 bits per heavy atom. The minimum absolute atomic E-state index is 0.0902. The van der Waals surface area contributed by atoms with Crippen LogP contribution in [0.5, 0.6) is 0 Å². The van der Waals surface area contributed by atoms with Crippen LogP contribution in [0, 0.1) is 6.92 Å². The van der Waals surface area contributed by atoms with Crippen LogP contribution in [0.25, 0.3) is 11.0 Å². The average molecular weight is 391 g/mol. The quantitative estimate of drug-likeness (QED) is 0.725. The van der Waals surface area contributed by atoms with Gasteiger partial charge in [-0.2, -0.15) is 13.2 Å². The van der Waals surface area contributed by atoms with Gasteiger partial charge in [0.1, 0.15) is 12.4 Å². The summed E-state index contributed by atoms with van der Waals surface area (Å²) >= 11 is 0. The Labute approximate surface area is 156 Å². The lowest BCUT2D eigenvalue weighted by Crippen LogP contribution is -2.41. The Morgan fingerprint density at radius 1 is 1.25 bits per heavy atom. The lowest BCUT2D eigenvalue weighted by molar-refractivity contribution is -0.148. The summed E-state index contributed by atoms with van der Waals surface area (Å²) < 4.78 is 41.1. The normalized spacial score (nSPS) is 14.4. The number of benzene rings is 1. The van der Waals surface area contributed by atoms with Gasteiger partial charge in [-0.15, -0.1) is 0 Å². The molecule has 0 atom stereocenters. The fraction of sp³-hybridized carbons (Fsp3) is 0.333. The molecule has 3 heterocycles. The number of aryl methyl sites for hydroxylation is 1. The summed E-state index contributed by atoms with van der Waals surface area (Å²) in [5.41, 5.74) is 1.17. The molecule has 0 spiro atoms. The van der Waals surface area contributed by atoms with E-state index >= 15 is 0 Å². The molecule has 2 aromatic heterocycles. The second-order valence-electron chi connectivity index (χ2n) is 6.65. The molecule has 0 saturated carbocycles. The van der Waals surface area contributed by atoms with E-state index in [0.29, 0.717) is 23.5 Å². The highest BCUT2D eigenvalue weighted by molar-refractivity contribution is 5.81. The van der Waals surface area contributed by atoms with Gasteiger partial charge in [0.05, 0.1) is 23.3 Å². The number of rotatable bonds is 2. The first kappa shape index (κ1) is 18.2. The van der Waals surface area contributed by atoms with Crippen molar-refractivity contribution in [3.8, 4) is 0 Å². The zero-order valence-electron chi connectivity index (χ0n) is 14.9. The monoisotopic (exact) mass is 391 g/mol. The van der Waals surface area contributed by atoms with Crippen LogP contribution in [0.4, 0.5) is 13.2 Å². The van der Waals surface area contributed by atoms with Gasteiger partial charge in [-0.1, -0.05) is 12.1 Å². The number of nitrogens with one attached hydrogen (secondary N) is 1. The van der Waals surface area contributed by atoms with E-state index in [1.165, 1.54) is 17.0 Å². The van der Waals surface area contributed by atoms with Gasteiger partial charge < -0.3 is 14.5 Å². The second-order valence-corrected chi connectivity index (χ2v) is 6.65. The van der Waals surface area contributed by atoms with Crippen LogP contribution in [-0.4, -0.2) is 36.9 Å². The molecule has 28 heavy (non-hydrogen) atoms. The van der Waals surface area contributed by atoms with Crippen molar-refractivity contribution in [2.24, 2.45) is 0 Å². The van der Waals surface area contributed by atoms with Crippen LogP contribution in [0.15, 0.2) is 29.1 Å². The number of carbonyl (C=O) groups excluding carboxylic acids is 1. The molecule has 7 nitrogen and oxygen atoms in total. The topological polar surface area (TPSA) is 83.9 Å². The lowest BCUT2D eigenvalue weighted by Gasteiger charge is -2.28. The number of alkyl halides is 3. The van der Waals surface area contributed by atoms with Gasteiger partial charge in [-0.05, 0) is 25.5 Å². The van der Waals surface area contributed by atoms with Gasteiger partial charge in [-0.25, -0.2) is 9.97 Å². The third-order valence-electron chi connectivity index (χ3n) is 4.75. The average Bonchev–Trinajstić information content (AvgIpc) is 3.00. The number of H-pyrrole nitrogens is 1. The molecule has 1 aliphatic rings. The minimum Gasteiger partial charge on any atom is -0.335 e. The highest BCUT2D eigenvalue weighted by Gasteiger charge is 2.38. The number of aromatic amines is 1. The van der Waals surface area contributed by atoms with Crippen LogP contribution in [-0.2, 0) is 30.5 Å². The molecule has 1 amide bonds. The van der Waals surface area contributed by atoms with Crippen molar-refractivity contribution >= 4 is 16.9 Å². The molecule has 0 aliphatic carbocycles. The van der Waals surface area contributed by atoms with E-state index in [1.54, 1.807) is 19.1 Å². The molecular weight excluding hydrogens is 375 g/mol. The Kier molecular flexibility index (Phi) is 4.20. The largest absolute Gasteiger partial charge is 0.449 e. The molecule has 0 radical (unpaired) electrons. The molecular formula is C18H16F3N5O2. The first-order valence-corrected chi connectivity index (χ1v) is 8.63. The second kappa shape index (κ2) is 6.47. The number of carbonyl (C=O) groups is 1. The molecule has 0 saturated heterocycles. The summed E-state index contributed by atoms with van der Waals surface area (Å²) in [5, 5.41) is 0. The summed E-state index contributed by atoms with van der Waals surface area (Å²) in [7, 11) is 0. The van der Waals surface area contributed by atoms with E-state index in [2.05, 4.69) is 15.0 Å². The maximum absolute atomic E-state index is 13.4. The van der Waals surface area contributed by atoms with Crippen molar-refractivity contribution in [1.82, 2.24) is 24.4 Å². The number of imidazole rings is 1. The third-order valence-corrected chi connectivity index (χ3v) is 4.75. The van der Waals surface area contributed by atoms with Crippen LogP contribution < -0.4 is 5.56 Å². The number of fused-ring (bicyclic) bond motifs is 2. The smallest absolute Gasteiger partial charge is 0.335 e. The third kappa shape index (κ3) is 3.14. The van der Waals surface area contributed by atoms with E-state index in [4.69, 9.17) is 0 Å². The molecule has 10 heteroatoms. The van der Waals surface area contributed by atoms with Crippen molar-refractivity contribution in [2.45, 2.75) is 32.6 Å². The highest BCUT2D eigenvalue weighted by atomic mass is 19.4. The standard InChI is InChI=1S/C18H16F3N5O2/c1-10-22-13-8-25(7-6-11(13)16(28)23-10)15(27)9-26-14-5-3-2-4-12(14)24-17(26)18(19,20)21/h2-5H,6-9H2,1H3,(H,22,23,28). The summed E-state index contributed by atoms with van der Waals surface area (Å²) in [4.78, 5) is 36.7. The SMILES string of the molecule is Cc1nc2c(c(=O)[nH]1)CCN(C(=O)Cn1c(C(F)(F)F)nc3ccccc31)C2. The molecule has 1 aromatic carbocycles. The number of nitrogens with zero attached hydrogens (tertiary/aromatic N) is 4. The molecule has 4 rings (SSSR count). The first-order valence-electron chi connectivity index (χ1n) is 8.63. The first-order chi connectivity index (χ1) is 13.2. The molecule has 0 unspecified atom stereocenters. The molecule has 3 aromatic rings. The van der Waals surface area contributed by atoms with Gasteiger partial charge in [0, 0.05) is 12.1 Å². The number of hydrogen-bond acceptors (Lipinski definition) is 4. The molecule has 146 valence electrons. The van der Waals surface area contributed by atoms with Crippen LogP contribution in [0.3, 0.4) is 0 Å². The van der Waals surface area contributed by atoms with Gasteiger partial charge in [-0.3, -0.25) is 9.59 Å². The van der Waals surface area contributed by atoms with Gasteiger partial charge >= 0.3 is 6.18 Å². The Bertz CT molecular complexity index is 1130. The van der Waals surface area contributed by atoms with Crippen molar-refractivity contribution in [3.63, 3.8) is 0 Å². The van der Waals surface area contributed by atoms with Crippen molar-refractivity contribution in [2.75, 3.05) is 6.54 Å². The van der Waals surface area contributed by atoms with Crippen LogP contribution in [0.1, 0.15) is 22.9 Å². The predicted molar refractivity (Wildman–Crippen MR) is 93.5 cm³/mol. The van der Waals surface area contributed by atoms with E-state index < -0.39 is 24.5 Å². The van der Waals surface area contributed by atoms with Crippen molar-refractivity contribution < 1.29 is 18.0 Å². The molecule has 1 N–H and O–H groups in total. The number of amides is 1. The maximum Gasteiger partial charge on any atom is 0.449 e. The summed E-state index contributed by atoms with van der Waals surface area (Å²) in [6.07, 6.45) is -4.37. The van der Waals surface area contributed by atoms with E-state index in [1.807, 2.05) is 0 Å². The summed E-state index contributed by atoms with van der Waals surface area (Å²) in [5.74, 6) is -1.16. The minimum atomic E-state index is -4.68. The Hall–Kier alpha value is -3.17. The van der Waals surface area contributed by atoms with Crippen LogP contribution >= 0.6 is 0 Å². The number of para-hydroxylation sites is 2. The predicted octanol–water partition coefficient (Wildman–Crippen LogP) is 2.03. The summed E-state index contributed by atoms with van der Waals surface area (Å²) in [6, 6.07) is 6.17. The van der Waals surface area contributed by atoms with Gasteiger partial charge in [0.2, 0.25) is 11.7 Å². The van der Waals surface area contributed by atoms with Gasteiger partial charge in [0.25, 0.3) is 5.56 Å². The molecule has 0 bridgehead atoms. The summed E-state index contributed by atoms with van der Waals surface area (Å²) in [6.45, 7) is 1.48. The fourth-order valence-electron chi connectivity index (χ4n) is 3.46. The van der Waals surface area contributed by atoms with Crippen LogP contribution in [0.2, 0.25) is 0 Å². The zero-order valence-corrected chi connectivity index (χ0v) is 14.9. The fourth-order valence-corrected chi connectivity index (χ4v) is 3.46. The molecule has 1 aliphatic heterocycles. The number of aromatic nitrogens is 4. The van der Waals surface area contributed by atoms with Crippen molar-refractivity contribution in [1.29, 1.82) is 0 Å². The van der Waals surface area contributed by atoms with E-state index in [-0.39, 0.29) is 29.7 Å². The maximum atomic E-state index is 13.4. The highest BCUT2D eigenvalue weighted by Crippen LogP contribution is 2.31. The molecule has 0 fully saturated rings. The van der Waals surface area contributed by atoms with E-state index in [9.17, 15) is 22.8 Å². The lowest BCUT2D eigenvalue weighted by atomic mass is 10.1. The number of halogens is 3.